The zero-order valence-corrected chi connectivity index (χ0v) is 5.95. The smallest absolute Gasteiger partial charge is 0.244 e. The molecule has 0 aliphatic rings. The Morgan fingerprint density at radius 2 is 1.89 bits per heavy atom. The zero-order chi connectivity index (χ0) is 7.28. The van der Waals surface area contributed by atoms with Gasteiger partial charge < -0.3 is 0 Å². The van der Waals surface area contributed by atoms with Gasteiger partial charge in [0.05, 0.1) is 0 Å². The van der Waals surface area contributed by atoms with Crippen LogP contribution in [-0.4, -0.2) is 10.5 Å². The lowest BCUT2D eigenvalue weighted by Gasteiger charge is -1.77. The Morgan fingerprint density at radius 1 is 1.33 bits per heavy atom. The van der Waals surface area contributed by atoms with Gasteiger partial charge in [0.25, 0.3) is 0 Å². The first kappa shape index (κ1) is 8.66. The highest BCUT2D eigenvalue weighted by Gasteiger charge is 1.89. The summed E-state index contributed by atoms with van der Waals surface area (Å²) in [5.74, 6) is 0. The molecule has 4 heteroatoms. The molecule has 0 saturated carbocycles. The van der Waals surface area contributed by atoms with E-state index in [1.54, 1.807) is 0 Å². The van der Waals surface area contributed by atoms with Crippen molar-refractivity contribution < 1.29 is 9.59 Å². The maximum absolute atomic E-state index is 9.99. The maximum Gasteiger partial charge on any atom is 0.244 e. The highest BCUT2D eigenvalue weighted by atomic mass is 35.5. The second-order valence-corrected chi connectivity index (χ2v) is 2.06. The zero-order valence-electron chi connectivity index (χ0n) is 4.43. The van der Waals surface area contributed by atoms with Crippen LogP contribution in [0.5, 0.6) is 0 Å². The van der Waals surface area contributed by atoms with E-state index in [-0.39, 0.29) is 6.42 Å². The Balaban J connectivity index is 3.48. The average Bonchev–Trinajstić information content (AvgIpc) is 1.63. The van der Waals surface area contributed by atoms with E-state index in [4.69, 9.17) is 23.2 Å². The van der Waals surface area contributed by atoms with Crippen molar-refractivity contribution in [3.8, 4) is 0 Å². The van der Waals surface area contributed by atoms with Crippen molar-refractivity contribution in [3.63, 3.8) is 0 Å². The Labute approximate surface area is 62.4 Å². The Kier molecular flexibility index (Phi) is 4.36. The molecule has 0 aromatic rings. The molecule has 0 saturated heterocycles. The summed E-state index contributed by atoms with van der Waals surface area (Å²) in [4.78, 5) is 19.9. The van der Waals surface area contributed by atoms with Gasteiger partial charge in [0, 0.05) is 6.42 Å². The van der Waals surface area contributed by atoms with Crippen molar-refractivity contribution in [1.82, 2.24) is 0 Å². The number of allylic oxidation sites excluding steroid dienone is 2. The molecule has 50 valence electrons. The van der Waals surface area contributed by atoms with E-state index < -0.39 is 10.5 Å². The van der Waals surface area contributed by atoms with Crippen molar-refractivity contribution in [3.05, 3.63) is 12.2 Å². The summed E-state index contributed by atoms with van der Waals surface area (Å²) in [6.45, 7) is 0. The van der Waals surface area contributed by atoms with E-state index in [9.17, 15) is 9.59 Å². The fourth-order valence-corrected chi connectivity index (χ4v) is 0.422. The number of rotatable bonds is 3. The third-order valence-electron chi connectivity index (χ3n) is 0.527. The van der Waals surface area contributed by atoms with Crippen LogP contribution in [0.1, 0.15) is 6.42 Å². The number of hydrogen-bond acceptors (Lipinski definition) is 2. The molecule has 0 aromatic carbocycles. The first-order valence-corrected chi connectivity index (χ1v) is 2.93. The molecule has 0 N–H and O–H groups in total. The van der Waals surface area contributed by atoms with E-state index in [0.29, 0.717) is 0 Å². The molecule has 0 aliphatic carbocycles. The quantitative estimate of drug-likeness (QED) is 0.471. The largest absolute Gasteiger partial charge is 0.281 e. The molecule has 0 bridgehead atoms. The molecule has 0 amide bonds. The summed E-state index contributed by atoms with van der Waals surface area (Å²) in [7, 11) is 0. The molecule has 0 radical (unpaired) electrons. The van der Waals surface area contributed by atoms with Crippen molar-refractivity contribution in [2.24, 2.45) is 0 Å². The lowest BCUT2D eigenvalue weighted by atomic mass is 10.4. The first-order chi connectivity index (χ1) is 4.13. The lowest BCUT2D eigenvalue weighted by molar-refractivity contribution is -0.110. The molecule has 0 heterocycles. The minimum Gasteiger partial charge on any atom is -0.281 e. The molecule has 0 atom stereocenters. The SMILES string of the molecule is O=C(Cl)C=CCC(=O)Cl. The van der Waals surface area contributed by atoms with Crippen LogP contribution in [0.25, 0.3) is 0 Å². The van der Waals surface area contributed by atoms with Gasteiger partial charge in [0.15, 0.2) is 0 Å². The van der Waals surface area contributed by atoms with Gasteiger partial charge in [-0.15, -0.1) is 0 Å². The molecule has 2 nitrogen and oxygen atoms in total. The molecular weight excluding hydrogens is 163 g/mol. The number of carbonyl (C=O) groups excluding carboxylic acids is 2. The standard InChI is InChI=1S/C5H4Cl2O2/c6-4(8)2-1-3-5(7)9/h1-2H,3H2. The van der Waals surface area contributed by atoms with Crippen LogP contribution in [0.15, 0.2) is 12.2 Å². The fourth-order valence-electron chi connectivity index (χ4n) is 0.244. The molecular formula is C5H4Cl2O2. The van der Waals surface area contributed by atoms with Gasteiger partial charge in [-0.05, 0) is 29.3 Å². The molecule has 0 unspecified atom stereocenters. The third kappa shape index (κ3) is 7.66. The van der Waals surface area contributed by atoms with Crippen LogP contribution in [0, 0.1) is 0 Å². The van der Waals surface area contributed by atoms with Crippen LogP contribution >= 0.6 is 23.2 Å². The topological polar surface area (TPSA) is 34.1 Å². The summed E-state index contributed by atoms with van der Waals surface area (Å²) >= 11 is 9.80. The van der Waals surface area contributed by atoms with Gasteiger partial charge in [0.2, 0.25) is 10.5 Å². The molecule has 0 aromatic heterocycles. The second kappa shape index (κ2) is 4.53. The van der Waals surface area contributed by atoms with Crippen molar-refractivity contribution in [2.75, 3.05) is 0 Å². The minimum atomic E-state index is -0.604. The van der Waals surface area contributed by atoms with Gasteiger partial charge in [-0.2, -0.15) is 0 Å². The monoisotopic (exact) mass is 166 g/mol. The summed E-state index contributed by atoms with van der Waals surface area (Å²) < 4.78 is 0. The molecule has 0 fully saturated rings. The van der Waals surface area contributed by atoms with Gasteiger partial charge in [-0.1, -0.05) is 6.08 Å². The van der Waals surface area contributed by atoms with Crippen LogP contribution in [0.4, 0.5) is 0 Å². The van der Waals surface area contributed by atoms with E-state index in [2.05, 4.69) is 0 Å². The van der Waals surface area contributed by atoms with E-state index in [1.165, 1.54) is 6.08 Å². The normalized spacial score (nSPS) is 10.0. The van der Waals surface area contributed by atoms with E-state index in [0.717, 1.165) is 6.08 Å². The summed E-state index contributed by atoms with van der Waals surface area (Å²) in [6.07, 6.45) is 2.44. The maximum atomic E-state index is 9.99. The highest BCUT2D eigenvalue weighted by molar-refractivity contribution is 6.66. The van der Waals surface area contributed by atoms with Gasteiger partial charge >= 0.3 is 0 Å². The van der Waals surface area contributed by atoms with Crippen molar-refractivity contribution in [2.45, 2.75) is 6.42 Å². The van der Waals surface area contributed by atoms with Crippen LogP contribution < -0.4 is 0 Å². The van der Waals surface area contributed by atoms with Gasteiger partial charge in [-0.25, -0.2) is 0 Å². The fraction of sp³-hybridized carbons (Fsp3) is 0.200. The highest BCUT2D eigenvalue weighted by Crippen LogP contribution is 1.91. The minimum absolute atomic E-state index is 0.0417. The summed E-state index contributed by atoms with van der Waals surface area (Å²) in [6, 6.07) is 0. The van der Waals surface area contributed by atoms with E-state index in [1.807, 2.05) is 0 Å². The summed E-state index contributed by atoms with van der Waals surface area (Å²) in [5.41, 5.74) is 0. The molecule has 0 rings (SSSR count). The average molecular weight is 167 g/mol. The summed E-state index contributed by atoms with van der Waals surface area (Å²) in [5, 5.41) is -1.11. The number of hydrogen-bond donors (Lipinski definition) is 0. The predicted octanol–water partition coefficient (Wildman–Crippen LogP) is 1.46. The van der Waals surface area contributed by atoms with Gasteiger partial charge in [0.1, 0.15) is 0 Å². The molecule has 0 aliphatic heterocycles. The van der Waals surface area contributed by atoms with Crippen molar-refractivity contribution in [1.29, 1.82) is 0 Å². The lowest BCUT2D eigenvalue weighted by Crippen LogP contribution is -1.81. The predicted molar refractivity (Wildman–Crippen MR) is 35.5 cm³/mol. The Morgan fingerprint density at radius 3 is 2.22 bits per heavy atom. The molecule has 9 heavy (non-hydrogen) atoms. The van der Waals surface area contributed by atoms with Gasteiger partial charge in [-0.3, -0.25) is 9.59 Å². The van der Waals surface area contributed by atoms with Crippen molar-refractivity contribution >= 4 is 33.7 Å². The molecule has 0 spiro atoms. The van der Waals surface area contributed by atoms with Crippen LogP contribution in [-0.2, 0) is 9.59 Å². The van der Waals surface area contributed by atoms with E-state index >= 15 is 0 Å². The van der Waals surface area contributed by atoms with Crippen LogP contribution in [0.2, 0.25) is 0 Å². The Bertz CT molecular complexity index is 151. The number of halogens is 2. The van der Waals surface area contributed by atoms with Crippen LogP contribution in [0.3, 0.4) is 0 Å². The second-order valence-electron chi connectivity index (χ2n) is 1.27. The third-order valence-corrected chi connectivity index (χ3v) is 0.808. The first-order valence-electron chi connectivity index (χ1n) is 2.17. The number of carbonyl (C=O) groups is 2. The Hall–Kier alpha value is -0.340.